The number of pyridine rings is 1. The maximum absolute atomic E-state index is 13.0. The predicted octanol–water partition coefficient (Wildman–Crippen LogP) is 5.69. The van der Waals surface area contributed by atoms with Gasteiger partial charge in [0, 0.05) is 69.1 Å². The topological polar surface area (TPSA) is 143 Å². The Bertz CT molecular complexity index is 1860. The minimum absolute atomic E-state index is 0.0156. The Morgan fingerprint density at radius 2 is 1.76 bits per heavy atom. The van der Waals surface area contributed by atoms with Crippen molar-refractivity contribution in [3.05, 3.63) is 81.6 Å². The third-order valence-corrected chi connectivity index (χ3v) is 9.75. The van der Waals surface area contributed by atoms with Crippen LogP contribution in [0.5, 0.6) is 11.5 Å². The Balaban J connectivity index is 1.19. The van der Waals surface area contributed by atoms with Gasteiger partial charge in [0.1, 0.15) is 17.3 Å². The van der Waals surface area contributed by atoms with Crippen LogP contribution in [0.2, 0.25) is 0 Å². The molecule has 2 aliphatic heterocycles. The highest BCUT2D eigenvalue weighted by Gasteiger charge is 2.31. The monoisotopic (exact) mass is 685 g/mol. The number of aromatic nitrogens is 3. The number of nitrogens with zero attached hydrogens (tertiary/aromatic N) is 5. The van der Waals surface area contributed by atoms with Crippen LogP contribution in [0.25, 0.3) is 11.0 Å². The van der Waals surface area contributed by atoms with Crippen LogP contribution in [0, 0.1) is 0 Å². The minimum Gasteiger partial charge on any atom is -0.497 e. The average Bonchev–Trinajstić information content (AvgIpc) is 3.13. The molecule has 6 rings (SSSR count). The smallest absolute Gasteiger partial charge is 0.407 e. The highest BCUT2D eigenvalue weighted by Crippen LogP contribution is 2.33. The zero-order valence-corrected chi connectivity index (χ0v) is 29.4. The Kier molecular flexibility index (Phi) is 10.7. The van der Waals surface area contributed by atoms with E-state index in [0.29, 0.717) is 61.2 Å². The van der Waals surface area contributed by atoms with Crippen molar-refractivity contribution < 1.29 is 24.1 Å². The predicted molar refractivity (Wildman–Crippen MR) is 192 cm³/mol. The number of piperazine rings is 1. The second-order valence-corrected chi connectivity index (χ2v) is 13.2. The first kappa shape index (κ1) is 35.0. The van der Waals surface area contributed by atoms with Crippen molar-refractivity contribution >= 4 is 28.9 Å². The fraction of sp³-hybridized carbons (Fsp3) is 0.459. The molecule has 2 unspecified atom stereocenters. The van der Waals surface area contributed by atoms with Crippen LogP contribution in [0.4, 0.5) is 16.6 Å². The third kappa shape index (κ3) is 7.63. The number of carbonyl (C=O) groups is 1. The SMILES string of the molecule is COc1ccc(CNc2nc(N[C@@H](C)c3ccc(C4CC(N5CCN(C(=O)O)CC5)CCO4)cc3)nc3c2ccc(=O)n3C(C)C)c(OC)c1. The number of ether oxygens (including phenoxy) is 3. The molecule has 13 nitrogen and oxygen atoms in total. The molecular weight excluding hydrogens is 638 g/mol. The molecule has 0 saturated carbocycles. The quantitative estimate of drug-likeness (QED) is 0.179. The van der Waals surface area contributed by atoms with Gasteiger partial charge in [-0.3, -0.25) is 14.3 Å². The van der Waals surface area contributed by atoms with Gasteiger partial charge < -0.3 is 34.9 Å². The first-order valence-electron chi connectivity index (χ1n) is 17.2. The lowest BCUT2D eigenvalue weighted by Crippen LogP contribution is -2.52. The number of fused-ring (bicyclic) bond motifs is 1. The van der Waals surface area contributed by atoms with Gasteiger partial charge in [-0.1, -0.05) is 24.3 Å². The molecule has 50 heavy (non-hydrogen) atoms. The fourth-order valence-electron chi connectivity index (χ4n) is 6.91. The van der Waals surface area contributed by atoms with Crippen LogP contribution < -0.4 is 25.7 Å². The van der Waals surface area contributed by atoms with Gasteiger partial charge in [0.15, 0.2) is 5.65 Å². The summed E-state index contributed by atoms with van der Waals surface area (Å²) in [5.74, 6) is 2.40. The molecule has 13 heteroatoms. The summed E-state index contributed by atoms with van der Waals surface area (Å²) in [5.41, 5.74) is 3.53. The van der Waals surface area contributed by atoms with Crippen LogP contribution >= 0.6 is 0 Å². The van der Waals surface area contributed by atoms with E-state index in [1.807, 2.05) is 32.0 Å². The highest BCUT2D eigenvalue weighted by atomic mass is 16.5. The molecule has 0 aliphatic carbocycles. The van der Waals surface area contributed by atoms with E-state index in [1.165, 1.54) is 4.90 Å². The van der Waals surface area contributed by atoms with Crippen molar-refractivity contribution in [1.29, 1.82) is 0 Å². The second kappa shape index (κ2) is 15.3. The van der Waals surface area contributed by atoms with Gasteiger partial charge >= 0.3 is 6.09 Å². The number of amides is 1. The van der Waals surface area contributed by atoms with Crippen LogP contribution in [0.3, 0.4) is 0 Å². The number of hydrogen-bond acceptors (Lipinski definition) is 10. The van der Waals surface area contributed by atoms with Crippen LogP contribution in [0.1, 0.15) is 68.5 Å². The maximum Gasteiger partial charge on any atom is 0.407 e. The standard InChI is InChI=1S/C37H47N7O6/c1-23(2)44-33(45)13-12-30-34(38-22-27-10-11-29(48-4)21-31(27)49-5)40-36(41-35(30)44)39-24(3)25-6-8-26(9-7-25)32-20-28(14-19-50-32)42-15-17-43(18-16-42)37(46)47/h6-13,21,23-24,28,32H,14-20,22H2,1-5H3,(H,46,47)(H2,38,39,40,41)/t24-,28?,32?/m0/s1. The first-order chi connectivity index (χ1) is 24.1. The molecule has 3 N–H and O–H groups in total. The molecule has 4 heterocycles. The number of hydrogen-bond donors (Lipinski definition) is 3. The third-order valence-electron chi connectivity index (χ3n) is 9.75. The number of anilines is 2. The number of nitrogens with one attached hydrogen (secondary N) is 2. The summed E-state index contributed by atoms with van der Waals surface area (Å²) in [7, 11) is 3.25. The summed E-state index contributed by atoms with van der Waals surface area (Å²) in [6, 6.07) is 17.6. The highest BCUT2D eigenvalue weighted by molar-refractivity contribution is 5.88. The van der Waals surface area contributed by atoms with E-state index in [-0.39, 0.29) is 23.7 Å². The zero-order valence-electron chi connectivity index (χ0n) is 29.4. The molecule has 0 radical (unpaired) electrons. The summed E-state index contributed by atoms with van der Waals surface area (Å²) in [6.07, 6.45) is 0.965. The van der Waals surface area contributed by atoms with Crippen LogP contribution in [-0.2, 0) is 11.3 Å². The lowest BCUT2D eigenvalue weighted by atomic mass is 9.94. The summed E-state index contributed by atoms with van der Waals surface area (Å²) in [5, 5.41) is 17.0. The lowest BCUT2D eigenvalue weighted by Gasteiger charge is -2.41. The van der Waals surface area contributed by atoms with Crippen LogP contribution in [-0.4, -0.2) is 88.6 Å². The van der Waals surface area contributed by atoms with Crippen molar-refractivity contribution in [2.75, 3.05) is 57.6 Å². The molecule has 4 aromatic rings. The number of rotatable bonds is 11. The molecule has 3 atom stereocenters. The minimum atomic E-state index is -0.843. The molecular formula is C37H47N7O6. The van der Waals surface area contributed by atoms with Gasteiger partial charge in [0.2, 0.25) is 5.95 Å². The molecule has 2 saturated heterocycles. The van der Waals surface area contributed by atoms with Gasteiger partial charge in [-0.2, -0.15) is 9.97 Å². The van der Waals surface area contributed by atoms with Gasteiger partial charge in [-0.15, -0.1) is 0 Å². The molecule has 1 amide bonds. The Hall–Kier alpha value is -4.88. The van der Waals surface area contributed by atoms with Crippen LogP contribution in [0.15, 0.2) is 59.4 Å². The molecule has 2 aliphatic rings. The Labute approximate surface area is 292 Å². The summed E-state index contributed by atoms with van der Waals surface area (Å²) in [6.45, 7) is 9.69. The van der Waals surface area contributed by atoms with E-state index < -0.39 is 6.09 Å². The Morgan fingerprint density at radius 1 is 1.00 bits per heavy atom. The molecule has 2 aromatic heterocycles. The van der Waals surface area contributed by atoms with Gasteiger partial charge in [0.05, 0.1) is 31.8 Å². The number of carboxylic acid groups (broad SMARTS) is 1. The van der Waals surface area contributed by atoms with Crippen molar-refractivity contribution in [3.63, 3.8) is 0 Å². The van der Waals surface area contributed by atoms with E-state index in [4.69, 9.17) is 24.2 Å². The zero-order chi connectivity index (χ0) is 35.4. The number of benzene rings is 2. The maximum atomic E-state index is 13.0. The van der Waals surface area contributed by atoms with Crippen molar-refractivity contribution in [2.24, 2.45) is 0 Å². The van der Waals surface area contributed by atoms with E-state index in [2.05, 4.69) is 46.7 Å². The van der Waals surface area contributed by atoms with Gasteiger partial charge in [-0.05, 0) is 62.9 Å². The van der Waals surface area contributed by atoms with E-state index in [1.54, 1.807) is 30.9 Å². The largest absolute Gasteiger partial charge is 0.497 e. The van der Waals surface area contributed by atoms with Crippen molar-refractivity contribution in [2.45, 2.75) is 64.4 Å². The molecule has 266 valence electrons. The first-order valence-corrected chi connectivity index (χ1v) is 17.2. The summed E-state index contributed by atoms with van der Waals surface area (Å²) in [4.78, 5) is 37.9. The molecule has 2 aromatic carbocycles. The second-order valence-electron chi connectivity index (χ2n) is 13.2. The molecule has 0 bridgehead atoms. The molecule has 0 spiro atoms. The molecule has 2 fully saturated rings. The summed E-state index contributed by atoms with van der Waals surface area (Å²) >= 11 is 0. The number of methoxy groups -OCH3 is 2. The van der Waals surface area contributed by atoms with Crippen molar-refractivity contribution in [1.82, 2.24) is 24.3 Å². The average molecular weight is 686 g/mol. The fourth-order valence-corrected chi connectivity index (χ4v) is 6.91. The van der Waals surface area contributed by atoms with Gasteiger partial charge in [-0.25, -0.2) is 4.79 Å². The normalized spacial score (nSPS) is 19.0. The van der Waals surface area contributed by atoms with Gasteiger partial charge in [0.25, 0.3) is 5.56 Å². The van der Waals surface area contributed by atoms with Crippen molar-refractivity contribution in [3.8, 4) is 11.5 Å². The summed E-state index contributed by atoms with van der Waals surface area (Å²) < 4.78 is 18.8. The van der Waals surface area contributed by atoms with E-state index >= 15 is 0 Å². The Morgan fingerprint density at radius 3 is 2.44 bits per heavy atom. The lowest BCUT2D eigenvalue weighted by molar-refractivity contribution is -0.0368. The van der Waals surface area contributed by atoms with E-state index in [0.717, 1.165) is 48.0 Å². The van der Waals surface area contributed by atoms with E-state index in [9.17, 15) is 14.7 Å².